The third-order valence-corrected chi connectivity index (χ3v) is 10.7. The first kappa shape index (κ1) is 54.3. The van der Waals surface area contributed by atoms with Crippen molar-refractivity contribution >= 4 is 75.8 Å². The summed E-state index contributed by atoms with van der Waals surface area (Å²) in [6.45, 7) is 7.85. The average molecular weight is 830 g/mol. The maximum absolute atomic E-state index is 14.6. The quantitative estimate of drug-likeness (QED) is 0.207. The Morgan fingerprint density at radius 3 is 2.05 bits per heavy atom. The molecule has 316 valence electrons. The molecule has 1 aliphatic heterocycles. The molecule has 4 fully saturated rings. The highest BCUT2D eigenvalue weighted by Crippen LogP contribution is 2.43. The van der Waals surface area contributed by atoms with Gasteiger partial charge in [-0.1, -0.05) is 82.1 Å². The summed E-state index contributed by atoms with van der Waals surface area (Å²) in [4.78, 5) is 91.4. The number of hydrogen-bond acceptors (Lipinski definition) is 8. The van der Waals surface area contributed by atoms with Crippen molar-refractivity contribution in [2.24, 2.45) is 23.2 Å². The second-order valence-electron chi connectivity index (χ2n) is 15.5. The number of aromatic nitrogens is 2. The largest absolute Gasteiger partial charge is 0.347 e. The van der Waals surface area contributed by atoms with Crippen LogP contribution >= 0.6 is 40.5 Å². The van der Waals surface area contributed by atoms with E-state index in [9.17, 15) is 28.8 Å². The monoisotopic (exact) mass is 829 g/mol. The van der Waals surface area contributed by atoms with Gasteiger partial charge in [-0.2, -0.15) is 40.5 Å². The fraction of sp³-hybridized carbons (Fsp3) is 0.744. The molecule has 1 aromatic heterocycles. The van der Waals surface area contributed by atoms with Crippen molar-refractivity contribution in [3.63, 3.8) is 0 Å². The number of hydrogen-bond donors (Lipinski definition) is 4. The van der Waals surface area contributed by atoms with Crippen LogP contribution in [0.25, 0.3) is 0 Å². The van der Waals surface area contributed by atoms with Gasteiger partial charge in [-0.05, 0) is 68.1 Å². The standard InChI is InChI=1S/C36H53N7O6.3CH4.3H2S/c1-5-10-25(29(44)34(48)39-23-15-16-23)40-33(47)28-24-14-9-13-22(24)20-43(28)35(49)30(36(2,3)4)42-32(46)27(21-11-7-6-8-12-21)41-31(45)26-19-37-17-18-38-26;;;;;;/h17-19,21-25,27-28,30H,5-16,20H2,1-4H3,(H,39,48)(H,40,47)(H,41,45)(H,42,46);3*1H4;3*1H2/t22-,24+,25-,27-,28+,30+;;;;;;/m1....../s1. The van der Waals surface area contributed by atoms with Gasteiger partial charge in [0.15, 0.2) is 0 Å². The van der Waals surface area contributed by atoms with Crippen molar-refractivity contribution in [1.29, 1.82) is 0 Å². The van der Waals surface area contributed by atoms with Crippen molar-refractivity contribution in [3.05, 3.63) is 24.3 Å². The summed E-state index contributed by atoms with van der Waals surface area (Å²) < 4.78 is 0. The number of nitrogens with zero attached hydrogens (tertiary/aromatic N) is 3. The van der Waals surface area contributed by atoms with Crippen LogP contribution in [0.5, 0.6) is 0 Å². The van der Waals surface area contributed by atoms with Crippen molar-refractivity contribution in [1.82, 2.24) is 36.1 Å². The number of amides is 5. The Kier molecular flexibility index (Phi) is 23.7. The molecule has 6 atom stereocenters. The lowest BCUT2D eigenvalue weighted by Crippen LogP contribution is -2.62. The van der Waals surface area contributed by atoms with Crippen molar-refractivity contribution in [2.75, 3.05) is 6.54 Å². The summed E-state index contributed by atoms with van der Waals surface area (Å²) in [6, 6.07) is -3.68. The summed E-state index contributed by atoms with van der Waals surface area (Å²) in [6.07, 6.45) is 13.9. The Hall–Kier alpha value is -2.85. The number of fused-ring (bicyclic) bond motifs is 1. The lowest BCUT2D eigenvalue weighted by molar-refractivity contribution is -0.146. The van der Waals surface area contributed by atoms with Crippen LogP contribution in [-0.4, -0.2) is 86.9 Å². The Morgan fingerprint density at radius 2 is 1.49 bits per heavy atom. The fourth-order valence-electron chi connectivity index (χ4n) is 7.87. The Bertz CT molecular complexity index is 1410. The first-order chi connectivity index (χ1) is 23.4. The molecule has 5 amide bonds. The van der Waals surface area contributed by atoms with Crippen molar-refractivity contribution < 1.29 is 28.8 Å². The summed E-state index contributed by atoms with van der Waals surface area (Å²) in [5.74, 6) is -3.20. The van der Waals surface area contributed by atoms with Crippen molar-refractivity contribution in [3.8, 4) is 0 Å². The van der Waals surface area contributed by atoms with E-state index >= 15 is 0 Å². The van der Waals surface area contributed by atoms with Crippen LogP contribution in [0.4, 0.5) is 0 Å². The predicted octanol–water partition coefficient (Wildman–Crippen LogP) is 4.69. The first-order valence-electron chi connectivity index (χ1n) is 18.2. The number of likely N-dealkylation sites (tertiary alicyclic amines) is 1. The molecule has 0 unspecified atom stereocenters. The van der Waals surface area contributed by atoms with Crippen LogP contribution < -0.4 is 21.3 Å². The number of Topliss-reactive ketones (excluding diaryl/α,β-unsaturated/α-hetero) is 1. The molecule has 13 nitrogen and oxygen atoms in total. The highest BCUT2D eigenvalue weighted by atomic mass is 32.1. The molecule has 0 aromatic carbocycles. The normalized spacial score (nSPS) is 21.6. The van der Waals surface area contributed by atoms with Gasteiger partial charge in [0.25, 0.3) is 11.8 Å². The number of nitrogens with one attached hydrogen (secondary N) is 4. The molecule has 1 saturated heterocycles. The van der Waals surface area contributed by atoms with Gasteiger partial charge in [0.2, 0.25) is 23.5 Å². The van der Waals surface area contributed by atoms with E-state index in [0.717, 1.165) is 64.2 Å². The Labute approximate surface area is 350 Å². The molecule has 0 radical (unpaired) electrons. The van der Waals surface area contributed by atoms with Gasteiger partial charge < -0.3 is 26.2 Å². The number of rotatable bonds is 13. The highest BCUT2D eigenvalue weighted by Gasteiger charge is 2.52. The smallest absolute Gasteiger partial charge is 0.289 e. The minimum absolute atomic E-state index is 0. The summed E-state index contributed by atoms with van der Waals surface area (Å²) in [5.41, 5.74) is -0.638. The van der Waals surface area contributed by atoms with E-state index in [4.69, 9.17) is 0 Å². The molecular formula is C39H71N7O6S3. The molecule has 0 spiro atoms. The number of carbonyl (C=O) groups is 6. The molecule has 2 heterocycles. The molecule has 0 bridgehead atoms. The summed E-state index contributed by atoms with van der Waals surface area (Å²) >= 11 is 0. The van der Waals surface area contributed by atoms with Gasteiger partial charge in [-0.15, -0.1) is 0 Å². The molecule has 1 aromatic rings. The zero-order valence-electron chi connectivity index (χ0n) is 30.8. The maximum Gasteiger partial charge on any atom is 0.289 e. The Morgan fingerprint density at radius 1 is 0.836 bits per heavy atom. The SMILES string of the molecule is C.C.C.CCC[C@@H](NC(=O)[C@@H]1[C@H]2CCC[C@@H]2CN1C(=O)[C@H](NC(=O)[C@H](NC(=O)c1cnccn1)C1CCCCC1)C(C)(C)C)C(=O)C(=O)NC1CC1.S.S.S. The molecule has 4 aliphatic rings. The third kappa shape index (κ3) is 13.6. The van der Waals surface area contributed by atoms with Gasteiger partial charge in [-0.25, -0.2) is 4.98 Å². The molecule has 4 N–H and O–H groups in total. The maximum atomic E-state index is 14.6. The van der Waals surface area contributed by atoms with E-state index < -0.39 is 59.0 Å². The molecular weight excluding hydrogens is 759 g/mol. The minimum Gasteiger partial charge on any atom is -0.347 e. The van der Waals surface area contributed by atoms with Gasteiger partial charge in [0, 0.05) is 25.0 Å². The van der Waals surface area contributed by atoms with Gasteiger partial charge >= 0.3 is 0 Å². The van der Waals surface area contributed by atoms with Crippen LogP contribution in [0.2, 0.25) is 0 Å². The predicted molar refractivity (Wildman–Crippen MR) is 232 cm³/mol. The average Bonchev–Trinajstić information content (AvgIpc) is 3.65. The lowest BCUT2D eigenvalue weighted by atomic mass is 9.82. The van der Waals surface area contributed by atoms with Crippen LogP contribution in [0, 0.1) is 23.2 Å². The van der Waals surface area contributed by atoms with E-state index in [-0.39, 0.29) is 98.2 Å². The number of carbonyl (C=O) groups excluding carboxylic acids is 6. The van der Waals surface area contributed by atoms with Crippen LogP contribution in [0.1, 0.15) is 138 Å². The van der Waals surface area contributed by atoms with Gasteiger partial charge in [-0.3, -0.25) is 33.8 Å². The van der Waals surface area contributed by atoms with E-state index in [2.05, 4.69) is 31.2 Å². The molecule has 3 aliphatic carbocycles. The molecule has 5 rings (SSSR count). The number of ketones is 1. The second-order valence-corrected chi connectivity index (χ2v) is 15.5. The topological polar surface area (TPSA) is 180 Å². The summed E-state index contributed by atoms with van der Waals surface area (Å²) in [7, 11) is 0. The minimum atomic E-state index is -0.994. The van der Waals surface area contributed by atoms with Gasteiger partial charge in [0.05, 0.1) is 12.2 Å². The van der Waals surface area contributed by atoms with Crippen LogP contribution in [0.3, 0.4) is 0 Å². The first-order valence-corrected chi connectivity index (χ1v) is 18.2. The zero-order chi connectivity index (χ0) is 35.3. The van der Waals surface area contributed by atoms with Crippen LogP contribution in [-0.2, 0) is 24.0 Å². The van der Waals surface area contributed by atoms with E-state index in [1.165, 1.54) is 18.6 Å². The van der Waals surface area contributed by atoms with Crippen LogP contribution in [0.15, 0.2) is 18.6 Å². The second kappa shape index (κ2) is 24.0. The zero-order valence-corrected chi connectivity index (χ0v) is 33.8. The molecule has 16 heteroatoms. The van der Waals surface area contributed by atoms with Gasteiger partial charge in [0.1, 0.15) is 23.8 Å². The molecule has 3 saturated carbocycles. The fourth-order valence-corrected chi connectivity index (χ4v) is 7.87. The highest BCUT2D eigenvalue weighted by molar-refractivity contribution is 7.59. The van der Waals surface area contributed by atoms with E-state index in [1.807, 2.05) is 27.7 Å². The lowest BCUT2D eigenvalue weighted by Gasteiger charge is -2.38. The van der Waals surface area contributed by atoms with Crippen molar-refractivity contribution in [2.45, 2.75) is 157 Å². The van der Waals surface area contributed by atoms with E-state index in [0.29, 0.717) is 19.4 Å². The summed E-state index contributed by atoms with van der Waals surface area (Å²) in [5, 5.41) is 11.5. The molecule has 55 heavy (non-hydrogen) atoms. The third-order valence-electron chi connectivity index (χ3n) is 10.7. The Balaban J connectivity index is 0. The van der Waals surface area contributed by atoms with E-state index in [1.54, 1.807) is 4.90 Å².